The Morgan fingerprint density at radius 1 is 1.11 bits per heavy atom. The molecule has 4 aromatic rings. The maximum absolute atomic E-state index is 13.2. The Labute approximate surface area is 198 Å². The minimum Gasteiger partial charge on any atom is -0.462 e. The smallest absolute Gasteiger partial charge is 0.341 e. The highest BCUT2D eigenvalue weighted by molar-refractivity contribution is 6.00. The number of ether oxygens (including phenoxy) is 1. The summed E-state index contributed by atoms with van der Waals surface area (Å²) in [6, 6.07) is 11.8. The quantitative estimate of drug-likeness (QED) is 0.181. The third kappa shape index (κ3) is 4.31. The van der Waals surface area contributed by atoms with Gasteiger partial charge in [-0.15, -0.1) is 0 Å². The number of rotatable bonds is 6. The molecule has 0 aliphatic rings. The molecule has 0 N–H and O–H groups in total. The van der Waals surface area contributed by atoms with Crippen LogP contribution in [0.15, 0.2) is 64.5 Å². The first-order valence-corrected chi connectivity index (χ1v) is 10.9. The first-order valence-electron chi connectivity index (χ1n) is 10.9. The molecule has 178 valence electrons. The largest absolute Gasteiger partial charge is 0.462 e. The second-order valence-corrected chi connectivity index (χ2v) is 7.53. The van der Waals surface area contributed by atoms with Crippen molar-refractivity contribution in [2.75, 3.05) is 6.61 Å². The molecule has 4 rings (SSSR count). The van der Waals surface area contributed by atoms with E-state index in [1.807, 2.05) is 6.92 Å². The number of aromatic nitrogens is 3. The molecule has 11 nitrogen and oxygen atoms in total. The number of carbonyl (C=O) groups is 2. The van der Waals surface area contributed by atoms with Crippen LogP contribution >= 0.6 is 0 Å². The van der Waals surface area contributed by atoms with Gasteiger partial charge in [-0.1, -0.05) is 25.1 Å². The van der Waals surface area contributed by atoms with Crippen LogP contribution in [-0.2, 0) is 11.3 Å². The molecule has 0 aliphatic heterocycles. The zero-order valence-electron chi connectivity index (χ0n) is 19.0. The summed E-state index contributed by atoms with van der Waals surface area (Å²) >= 11 is 0. The number of nitrogens with zero attached hydrogens (tertiary/aromatic N) is 5. The van der Waals surface area contributed by atoms with Gasteiger partial charge in [0.25, 0.3) is 17.2 Å². The second kappa shape index (κ2) is 9.67. The maximum atomic E-state index is 13.2. The van der Waals surface area contributed by atoms with Gasteiger partial charge in [0, 0.05) is 18.8 Å². The van der Waals surface area contributed by atoms with E-state index in [4.69, 9.17) is 4.74 Å². The van der Waals surface area contributed by atoms with Crippen molar-refractivity contribution in [3.63, 3.8) is 0 Å². The molecule has 0 atom stereocenters. The van der Waals surface area contributed by atoms with Gasteiger partial charge < -0.3 is 9.30 Å². The number of para-hydroxylation sites is 1. The minimum absolute atomic E-state index is 0.0527. The van der Waals surface area contributed by atoms with Crippen molar-refractivity contribution in [2.24, 2.45) is 4.99 Å². The molecule has 1 amide bonds. The molecule has 3 aromatic heterocycles. The standard InChI is InChI=1S/C24H21N5O6/c1-3-12-28-20-16(23(31)27-13-8-7-11-19(27)25-20)14-17(24(32)35-4-2)21(28)26-22(30)15-9-5-6-10-18(15)29(33)34/h5-11,13-14H,3-4,12H2,1-2H3. The number of carbonyl (C=O) groups excluding carboxylic acids is 2. The average Bonchev–Trinajstić information content (AvgIpc) is 2.85. The second-order valence-electron chi connectivity index (χ2n) is 7.53. The predicted molar refractivity (Wildman–Crippen MR) is 126 cm³/mol. The molecule has 0 fully saturated rings. The monoisotopic (exact) mass is 475 g/mol. The highest BCUT2D eigenvalue weighted by Gasteiger charge is 2.22. The van der Waals surface area contributed by atoms with Gasteiger partial charge in [0.1, 0.15) is 22.4 Å². The van der Waals surface area contributed by atoms with Crippen LogP contribution in [0.1, 0.15) is 41.0 Å². The maximum Gasteiger partial charge on any atom is 0.341 e. The van der Waals surface area contributed by atoms with Gasteiger partial charge in [-0.3, -0.25) is 24.1 Å². The van der Waals surface area contributed by atoms with E-state index in [0.717, 1.165) is 0 Å². The number of fused-ring (bicyclic) bond motifs is 2. The molecule has 1 aromatic carbocycles. The van der Waals surface area contributed by atoms with Crippen molar-refractivity contribution in [1.82, 2.24) is 14.0 Å². The zero-order valence-corrected chi connectivity index (χ0v) is 19.0. The fourth-order valence-electron chi connectivity index (χ4n) is 3.76. The fraction of sp³-hybridized carbons (Fsp3) is 0.208. The first-order chi connectivity index (χ1) is 16.9. The Balaban J connectivity index is 2.13. The Bertz CT molecular complexity index is 1620. The highest BCUT2D eigenvalue weighted by Crippen LogP contribution is 2.19. The van der Waals surface area contributed by atoms with E-state index >= 15 is 0 Å². The Morgan fingerprint density at radius 3 is 2.57 bits per heavy atom. The third-order valence-electron chi connectivity index (χ3n) is 5.27. The van der Waals surface area contributed by atoms with E-state index in [1.54, 1.807) is 31.3 Å². The van der Waals surface area contributed by atoms with Crippen LogP contribution < -0.4 is 11.0 Å². The van der Waals surface area contributed by atoms with Crippen LogP contribution in [0, 0.1) is 10.1 Å². The molecule has 0 aliphatic carbocycles. The molecule has 0 bridgehead atoms. The van der Waals surface area contributed by atoms with Gasteiger partial charge in [0.2, 0.25) is 0 Å². The van der Waals surface area contributed by atoms with Crippen molar-refractivity contribution >= 4 is 34.2 Å². The highest BCUT2D eigenvalue weighted by atomic mass is 16.6. The number of pyridine rings is 2. The number of hydrogen-bond acceptors (Lipinski definition) is 7. The van der Waals surface area contributed by atoms with Crippen molar-refractivity contribution < 1.29 is 19.2 Å². The van der Waals surface area contributed by atoms with Gasteiger partial charge in [-0.25, -0.2) is 9.78 Å². The van der Waals surface area contributed by atoms with Crippen LogP contribution in [0.2, 0.25) is 0 Å². The molecule has 11 heteroatoms. The van der Waals surface area contributed by atoms with Gasteiger partial charge in [-0.05, 0) is 37.6 Å². The summed E-state index contributed by atoms with van der Waals surface area (Å²) in [6.45, 7) is 3.81. The number of amides is 1. The lowest BCUT2D eigenvalue weighted by Gasteiger charge is -2.14. The van der Waals surface area contributed by atoms with Crippen LogP contribution in [-0.4, -0.2) is 37.4 Å². The van der Waals surface area contributed by atoms with E-state index < -0.39 is 28.0 Å². The van der Waals surface area contributed by atoms with Crippen molar-refractivity contribution in [2.45, 2.75) is 26.8 Å². The van der Waals surface area contributed by atoms with Crippen molar-refractivity contribution in [1.29, 1.82) is 0 Å². The minimum atomic E-state index is -0.912. The molecular formula is C24H21N5O6. The van der Waals surface area contributed by atoms with Gasteiger partial charge in [0.05, 0.1) is 16.9 Å². The average molecular weight is 475 g/mol. The molecule has 3 heterocycles. The van der Waals surface area contributed by atoms with Crippen molar-refractivity contribution in [3.05, 3.63) is 91.8 Å². The van der Waals surface area contributed by atoms with Gasteiger partial charge in [0.15, 0.2) is 5.49 Å². The predicted octanol–water partition coefficient (Wildman–Crippen LogP) is 2.89. The van der Waals surface area contributed by atoms with Crippen LogP contribution in [0.3, 0.4) is 0 Å². The number of nitro groups is 1. The van der Waals surface area contributed by atoms with Gasteiger partial charge >= 0.3 is 5.97 Å². The van der Waals surface area contributed by atoms with Crippen LogP contribution in [0.25, 0.3) is 16.7 Å². The number of benzene rings is 1. The number of aryl methyl sites for hydroxylation is 1. The topological polar surface area (TPSA) is 138 Å². The van der Waals surface area contributed by atoms with E-state index in [1.165, 1.54) is 39.3 Å². The first kappa shape index (κ1) is 23.5. The van der Waals surface area contributed by atoms with Crippen LogP contribution in [0.4, 0.5) is 5.69 Å². The SMILES string of the molecule is CCCn1c(=NC(=O)c2ccccc2[N+](=O)[O-])c(C(=O)OCC)cc2c(=O)n3ccccc3nc21. The number of nitro benzene ring substituents is 1. The molecular weight excluding hydrogens is 454 g/mol. The lowest BCUT2D eigenvalue weighted by molar-refractivity contribution is -0.385. The van der Waals surface area contributed by atoms with E-state index in [0.29, 0.717) is 12.1 Å². The lowest BCUT2D eigenvalue weighted by Crippen LogP contribution is -2.32. The van der Waals surface area contributed by atoms with E-state index in [2.05, 4.69) is 9.98 Å². The fourth-order valence-corrected chi connectivity index (χ4v) is 3.76. The Kier molecular flexibility index (Phi) is 6.49. The molecule has 0 saturated carbocycles. The lowest BCUT2D eigenvalue weighted by atomic mass is 10.1. The third-order valence-corrected chi connectivity index (χ3v) is 5.27. The Hall–Kier alpha value is -4.67. The molecule has 35 heavy (non-hydrogen) atoms. The Morgan fingerprint density at radius 2 is 1.86 bits per heavy atom. The summed E-state index contributed by atoms with van der Waals surface area (Å²) in [6.07, 6.45) is 2.12. The summed E-state index contributed by atoms with van der Waals surface area (Å²) in [4.78, 5) is 58.7. The molecule has 0 spiro atoms. The molecule has 0 saturated heterocycles. The zero-order chi connectivity index (χ0) is 25.1. The van der Waals surface area contributed by atoms with Gasteiger partial charge in [-0.2, -0.15) is 4.99 Å². The summed E-state index contributed by atoms with van der Waals surface area (Å²) in [5.41, 5.74) is -0.661. The van der Waals surface area contributed by atoms with Crippen molar-refractivity contribution in [3.8, 4) is 0 Å². The summed E-state index contributed by atoms with van der Waals surface area (Å²) in [5, 5.41) is 11.6. The number of esters is 1. The van der Waals surface area contributed by atoms with E-state index in [9.17, 15) is 24.5 Å². The van der Waals surface area contributed by atoms with E-state index in [-0.39, 0.29) is 40.8 Å². The normalized spacial score (nSPS) is 11.7. The summed E-state index contributed by atoms with van der Waals surface area (Å²) in [7, 11) is 0. The molecule has 0 radical (unpaired) electrons. The summed E-state index contributed by atoms with van der Waals surface area (Å²) in [5.74, 6) is -1.70. The summed E-state index contributed by atoms with van der Waals surface area (Å²) < 4.78 is 8.02. The number of hydrogen-bond donors (Lipinski definition) is 0. The van der Waals surface area contributed by atoms with Crippen LogP contribution in [0.5, 0.6) is 0 Å². The molecule has 0 unspecified atom stereocenters.